The zero-order chi connectivity index (χ0) is 16.3. The third-order valence-electron chi connectivity index (χ3n) is 3.81. The van der Waals surface area contributed by atoms with Crippen LogP contribution in [-0.4, -0.2) is 57.0 Å². The molecule has 1 heterocycles. The van der Waals surface area contributed by atoms with Gasteiger partial charge in [-0.2, -0.15) is 0 Å². The smallest absolute Gasteiger partial charge is 0.310 e. The molecule has 0 radical (unpaired) electrons. The first-order chi connectivity index (χ1) is 10.4. The Morgan fingerprint density at radius 1 is 1.23 bits per heavy atom. The molecule has 22 heavy (non-hydrogen) atoms. The summed E-state index contributed by atoms with van der Waals surface area (Å²) in [5, 5.41) is 31.9. The van der Waals surface area contributed by atoms with E-state index in [2.05, 4.69) is 5.32 Å². The molecule has 4 atom stereocenters. The average Bonchev–Trinajstić information content (AvgIpc) is 2.47. The first-order valence-corrected chi connectivity index (χ1v) is 7.04. The SMILES string of the molecule is CC(=O)N[C@@H]1[C@@H](O)[C@@H](O)[C@@H](C(=O)O)CN1Cc1ccccc1. The van der Waals surface area contributed by atoms with Gasteiger partial charge in [0.1, 0.15) is 12.3 Å². The van der Waals surface area contributed by atoms with Crippen LogP contribution in [0.15, 0.2) is 30.3 Å². The number of carbonyl (C=O) groups excluding carboxylic acids is 1. The fourth-order valence-electron chi connectivity index (χ4n) is 2.70. The Morgan fingerprint density at radius 2 is 1.86 bits per heavy atom. The lowest BCUT2D eigenvalue weighted by Crippen LogP contribution is -2.65. The molecule has 0 bridgehead atoms. The van der Waals surface area contributed by atoms with Gasteiger partial charge in [-0.25, -0.2) is 0 Å². The van der Waals surface area contributed by atoms with Gasteiger partial charge in [0.15, 0.2) is 0 Å². The van der Waals surface area contributed by atoms with Crippen LogP contribution < -0.4 is 5.32 Å². The van der Waals surface area contributed by atoms with Crippen LogP contribution in [0.5, 0.6) is 0 Å². The normalized spacial score (nSPS) is 29.0. The second kappa shape index (κ2) is 6.87. The summed E-state index contributed by atoms with van der Waals surface area (Å²) in [6.45, 7) is 1.70. The van der Waals surface area contributed by atoms with E-state index in [4.69, 9.17) is 0 Å². The molecule has 1 aliphatic rings. The zero-order valence-electron chi connectivity index (χ0n) is 12.2. The minimum Gasteiger partial charge on any atom is -0.481 e. The van der Waals surface area contributed by atoms with Crippen molar-refractivity contribution in [3.8, 4) is 0 Å². The van der Waals surface area contributed by atoms with E-state index in [1.807, 2.05) is 30.3 Å². The highest BCUT2D eigenvalue weighted by atomic mass is 16.4. The Kier molecular flexibility index (Phi) is 5.12. The average molecular weight is 308 g/mol. The number of benzene rings is 1. The largest absolute Gasteiger partial charge is 0.481 e. The molecule has 1 amide bonds. The summed E-state index contributed by atoms with van der Waals surface area (Å²) in [6.07, 6.45) is -3.63. The number of carboxylic acids is 1. The lowest BCUT2D eigenvalue weighted by atomic mass is 9.90. The highest BCUT2D eigenvalue weighted by Gasteiger charge is 2.45. The van der Waals surface area contributed by atoms with Crippen molar-refractivity contribution >= 4 is 11.9 Å². The zero-order valence-corrected chi connectivity index (χ0v) is 12.2. The fraction of sp³-hybridized carbons (Fsp3) is 0.467. The Morgan fingerprint density at radius 3 is 2.41 bits per heavy atom. The molecule has 1 aromatic rings. The maximum absolute atomic E-state index is 11.3. The maximum atomic E-state index is 11.3. The molecule has 0 aliphatic carbocycles. The minimum atomic E-state index is -1.43. The minimum absolute atomic E-state index is 0.0351. The third-order valence-corrected chi connectivity index (χ3v) is 3.81. The number of aliphatic carboxylic acids is 1. The van der Waals surface area contributed by atoms with Crippen molar-refractivity contribution in [2.75, 3.05) is 6.54 Å². The first kappa shape index (κ1) is 16.4. The van der Waals surface area contributed by atoms with Crippen LogP contribution in [0.25, 0.3) is 0 Å². The number of carboxylic acid groups (broad SMARTS) is 1. The Hall–Kier alpha value is -1.96. The predicted octanol–water partition coefficient (Wildman–Crippen LogP) is -0.613. The lowest BCUT2D eigenvalue weighted by Gasteiger charge is -2.44. The molecule has 1 saturated heterocycles. The first-order valence-electron chi connectivity index (χ1n) is 7.04. The van der Waals surface area contributed by atoms with Gasteiger partial charge in [-0.3, -0.25) is 14.5 Å². The number of hydrogen-bond acceptors (Lipinski definition) is 5. The van der Waals surface area contributed by atoms with E-state index < -0.39 is 30.3 Å². The number of aliphatic hydroxyl groups excluding tert-OH is 2. The summed E-state index contributed by atoms with van der Waals surface area (Å²) in [5.41, 5.74) is 0.922. The number of likely N-dealkylation sites (tertiary alicyclic amines) is 1. The molecule has 0 spiro atoms. The second-order valence-corrected chi connectivity index (χ2v) is 5.49. The van der Waals surface area contributed by atoms with E-state index in [0.717, 1.165) is 5.56 Å². The summed E-state index contributed by atoms with van der Waals surface area (Å²) in [7, 11) is 0. The number of rotatable bonds is 4. The number of amides is 1. The Labute approximate surface area is 128 Å². The fourth-order valence-corrected chi connectivity index (χ4v) is 2.70. The topological polar surface area (TPSA) is 110 Å². The molecule has 120 valence electrons. The predicted molar refractivity (Wildman–Crippen MR) is 77.6 cm³/mol. The molecule has 7 heteroatoms. The number of hydrogen-bond donors (Lipinski definition) is 4. The summed E-state index contributed by atoms with van der Waals surface area (Å²) in [4.78, 5) is 24.2. The van der Waals surface area contributed by atoms with Gasteiger partial charge in [0, 0.05) is 20.0 Å². The van der Waals surface area contributed by atoms with Gasteiger partial charge < -0.3 is 20.6 Å². The van der Waals surface area contributed by atoms with Crippen molar-refractivity contribution in [2.45, 2.75) is 31.8 Å². The molecule has 0 saturated carbocycles. The van der Waals surface area contributed by atoms with E-state index >= 15 is 0 Å². The maximum Gasteiger partial charge on any atom is 0.310 e. The molecule has 1 aromatic carbocycles. The highest BCUT2D eigenvalue weighted by molar-refractivity contribution is 5.74. The summed E-state index contributed by atoms with van der Waals surface area (Å²) < 4.78 is 0. The van der Waals surface area contributed by atoms with Gasteiger partial charge in [-0.1, -0.05) is 30.3 Å². The number of nitrogens with zero attached hydrogens (tertiary/aromatic N) is 1. The molecule has 1 fully saturated rings. The van der Waals surface area contributed by atoms with Crippen LogP contribution in [0.4, 0.5) is 0 Å². The Bertz CT molecular complexity index is 536. The van der Waals surface area contributed by atoms with Crippen LogP contribution >= 0.6 is 0 Å². The van der Waals surface area contributed by atoms with Crippen LogP contribution in [0.3, 0.4) is 0 Å². The van der Waals surface area contributed by atoms with E-state index in [1.54, 1.807) is 4.90 Å². The van der Waals surface area contributed by atoms with Crippen molar-refractivity contribution in [3.63, 3.8) is 0 Å². The summed E-state index contributed by atoms with van der Waals surface area (Å²) in [6, 6.07) is 9.32. The van der Waals surface area contributed by atoms with Crippen LogP contribution in [0.2, 0.25) is 0 Å². The van der Waals surface area contributed by atoms with Gasteiger partial charge >= 0.3 is 5.97 Å². The monoisotopic (exact) mass is 308 g/mol. The Balaban J connectivity index is 2.23. The van der Waals surface area contributed by atoms with Gasteiger partial charge in [0.05, 0.1) is 12.0 Å². The number of aliphatic hydroxyl groups is 2. The van der Waals surface area contributed by atoms with E-state index in [9.17, 15) is 24.9 Å². The van der Waals surface area contributed by atoms with Gasteiger partial charge in [0.25, 0.3) is 0 Å². The van der Waals surface area contributed by atoms with Gasteiger partial charge in [0.2, 0.25) is 5.91 Å². The molecule has 1 aliphatic heterocycles. The van der Waals surface area contributed by atoms with Crippen LogP contribution in [-0.2, 0) is 16.1 Å². The molecule has 0 unspecified atom stereocenters. The highest BCUT2D eigenvalue weighted by Crippen LogP contribution is 2.24. The standard InChI is InChI=1S/C15H20N2O5/c1-9(18)16-14-13(20)12(19)11(15(21)22)8-17(14)7-10-5-3-2-4-6-10/h2-6,11-14,19-20H,7-8H2,1H3,(H,16,18)(H,21,22)/t11-,12-,13-,14-/m0/s1. The van der Waals surface area contributed by atoms with E-state index in [-0.39, 0.29) is 12.5 Å². The summed E-state index contributed by atoms with van der Waals surface area (Å²) >= 11 is 0. The molecule has 7 nitrogen and oxygen atoms in total. The number of piperidine rings is 1. The van der Waals surface area contributed by atoms with Crippen molar-refractivity contribution < 1.29 is 24.9 Å². The second-order valence-electron chi connectivity index (χ2n) is 5.49. The summed E-state index contributed by atoms with van der Waals surface area (Å²) in [5.74, 6) is -2.64. The van der Waals surface area contributed by atoms with Crippen LogP contribution in [0.1, 0.15) is 12.5 Å². The van der Waals surface area contributed by atoms with Crippen molar-refractivity contribution in [2.24, 2.45) is 5.92 Å². The van der Waals surface area contributed by atoms with E-state index in [0.29, 0.717) is 6.54 Å². The van der Waals surface area contributed by atoms with Gasteiger partial charge in [-0.05, 0) is 5.56 Å². The molecule has 2 rings (SSSR count). The molecule has 4 N–H and O–H groups in total. The van der Waals surface area contributed by atoms with Crippen LogP contribution in [0, 0.1) is 5.92 Å². The number of nitrogens with one attached hydrogen (secondary N) is 1. The third kappa shape index (κ3) is 3.62. The molecule has 0 aromatic heterocycles. The number of carbonyl (C=O) groups is 2. The van der Waals surface area contributed by atoms with Crippen molar-refractivity contribution in [3.05, 3.63) is 35.9 Å². The molecular formula is C15H20N2O5. The van der Waals surface area contributed by atoms with Crippen molar-refractivity contribution in [1.82, 2.24) is 10.2 Å². The van der Waals surface area contributed by atoms with E-state index in [1.165, 1.54) is 6.92 Å². The quantitative estimate of drug-likeness (QED) is 0.590. The van der Waals surface area contributed by atoms with Crippen molar-refractivity contribution in [1.29, 1.82) is 0 Å². The van der Waals surface area contributed by atoms with Gasteiger partial charge in [-0.15, -0.1) is 0 Å². The molecular weight excluding hydrogens is 288 g/mol. The lowest BCUT2D eigenvalue weighted by molar-refractivity contribution is -0.165.